The van der Waals surface area contributed by atoms with E-state index in [9.17, 15) is 4.79 Å². The average Bonchev–Trinajstić information content (AvgIpc) is 2.39. The summed E-state index contributed by atoms with van der Waals surface area (Å²) in [5.74, 6) is 0.103. The summed E-state index contributed by atoms with van der Waals surface area (Å²) < 4.78 is 0. The minimum Gasteiger partial charge on any atom is -0.326 e. The molecule has 1 rings (SSSR count). The average molecular weight is 262 g/mol. The lowest BCUT2D eigenvalue weighted by atomic mass is 10.2. The number of benzene rings is 1. The van der Waals surface area contributed by atoms with Gasteiger partial charge in [-0.3, -0.25) is 4.79 Å². The second-order valence-corrected chi connectivity index (χ2v) is 4.95. The molecule has 106 valence electrons. The summed E-state index contributed by atoms with van der Waals surface area (Å²) in [4.78, 5) is 14.3. The van der Waals surface area contributed by atoms with Gasteiger partial charge < -0.3 is 10.2 Å². The number of hydrogen-bond acceptors (Lipinski definition) is 2. The van der Waals surface area contributed by atoms with Gasteiger partial charge in [0, 0.05) is 18.7 Å². The number of amides is 1. The van der Waals surface area contributed by atoms with Crippen molar-refractivity contribution in [1.82, 2.24) is 4.90 Å². The smallest absolute Gasteiger partial charge is 0.225 e. The zero-order valence-electron chi connectivity index (χ0n) is 12.4. The number of nitrogens with one attached hydrogen (secondary N) is 1. The molecule has 0 radical (unpaired) electrons. The predicted octanol–water partition coefficient (Wildman–Crippen LogP) is 3.45. The van der Waals surface area contributed by atoms with Gasteiger partial charge in [-0.1, -0.05) is 32.0 Å². The highest BCUT2D eigenvalue weighted by Crippen LogP contribution is 2.13. The van der Waals surface area contributed by atoms with Crippen LogP contribution in [0.2, 0.25) is 0 Å². The molecule has 0 saturated heterocycles. The maximum atomic E-state index is 11.9. The van der Waals surface area contributed by atoms with Crippen LogP contribution < -0.4 is 5.32 Å². The maximum Gasteiger partial charge on any atom is 0.225 e. The van der Waals surface area contributed by atoms with E-state index in [1.807, 2.05) is 31.2 Å². The molecular weight excluding hydrogens is 236 g/mol. The van der Waals surface area contributed by atoms with Crippen molar-refractivity contribution < 1.29 is 4.79 Å². The second-order valence-electron chi connectivity index (χ2n) is 4.95. The third-order valence-corrected chi connectivity index (χ3v) is 3.15. The van der Waals surface area contributed by atoms with E-state index < -0.39 is 0 Å². The molecular formula is C16H26N2O. The number of carbonyl (C=O) groups excluding carboxylic acids is 1. The standard InChI is InChI=1S/C16H26N2O/c1-4-11-18(12-5-2)13-10-16(19)17-15-9-7-6-8-14(15)3/h6-9H,4-5,10-13H2,1-3H3,(H,17,19). The van der Waals surface area contributed by atoms with Crippen LogP contribution in [0.3, 0.4) is 0 Å². The van der Waals surface area contributed by atoms with Crippen LogP contribution in [0.25, 0.3) is 0 Å². The monoisotopic (exact) mass is 262 g/mol. The van der Waals surface area contributed by atoms with Crippen LogP contribution in [-0.4, -0.2) is 30.4 Å². The van der Waals surface area contributed by atoms with Gasteiger partial charge in [-0.15, -0.1) is 0 Å². The summed E-state index contributed by atoms with van der Waals surface area (Å²) in [7, 11) is 0. The van der Waals surface area contributed by atoms with E-state index in [0.717, 1.165) is 43.7 Å². The molecule has 0 aliphatic heterocycles. The zero-order valence-corrected chi connectivity index (χ0v) is 12.4. The van der Waals surface area contributed by atoms with Crippen LogP contribution in [0.4, 0.5) is 5.69 Å². The first kappa shape index (κ1) is 15.7. The predicted molar refractivity (Wildman–Crippen MR) is 81.4 cm³/mol. The normalized spacial score (nSPS) is 10.7. The van der Waals surface area contributed by atoms with Gasteiger partial charge in [-0.05, 0) is 44.5 Å². The highest BCUT2D eigenvalue weighted by Gasteiger charge is 2.08. The highest BCUT2D eigenvalue weighted by atomic mass is 16.1. The zero-order chi connectivity index (χ0) is 14.1. The van der Waals surface area contributed by atoms with E-state index in [1.165, 1.54) is 0 Å². The third-order valence-electron chi connectivity index (χ3n) is 3.15. The molecule has 3 nitrogen and oxygen atoms in total. The SMILES string of the molecule is CCCN(CCC)CCC(=O)Nc1ccccc1C. The summed E-state index contributed by atoms with van der Waals surface area (Å²) in [5.41, 5.74) is 2.03. The number of hydrogen-bond donors (Lipinski definition) is 1. The fraction of sp³-hybridized carbons (Fsp3) is 0.562. The van der Waals surface area contributed by atoms with E-state index in [2.05, 4.69) is 24.1 Å². The van der Waals surface area contributed by atoms with Crippen molar-refractivity contribution >= 4 is 11.6 Å². The van der Waals surface area contributed by atoms with Gasteiger partial charge in [-0.25, -0.2) is 0 Å². The molecule has 0 spiro atoms. The lowest BCUT2D eigenvalue weighted by Gasteiger charge is -2.20. The van der Waals surface area contributed by atoms with Crippen molar-refractivity contribution in [3.8, 4) is 0 Å². The Morgan fingerprint density at radius 2 is 1.74 bits per heavy atom. The molecule has 1 aromatic carbocycles. The molecule has 0 aromatic heterocycles. The molecule has 0 atom stereocenters. The Morgan fingerprint density at radius 3 is 2.32 bits per heavy atom. The largest absolute Gasteiger partial charge is 0.326 e. The maximum absolute atomic E-state index is 11.9. The van der Waals surface area contributed by atoms with Gasteiger partial charge in [-0.2, -0.15) is 0 Å². The van der Waals surface area contributed by atoms with Crippen molar-refractivity contribution in [2.24, 2.45) is 0 Å². The van der Waals surface area contributed by atoms with Crippen LogP contribution in [0, 0.1) is 6.92 Å². The Bertz CT molecular complexity index is 384. The number of para-hydroxylation sites is 1. The lowest BCUT2D eigenvalue weighted by molar-refractivity contribution is -0.116. The van der Waals surface area contributed by atoms with Crippen LogP contribution >= 0.6 is 0 Å². The van der Waals surface area contributed by atoms with E-state index in [-0.39, 0.29) is 5.91 Å². The van der Waals surface area contributed by atoms with Gasteiger partial charge in [0.25, 0.3) is 0 Å². The summed E-state index contributed by atoms with van der Waals surface area (Å²) in [6.45, 7) is 9.36. The summed E-state index contributed by atoms with van der Waals surface area (Å²) in [6, 6.07) is 7.89. The Morgan fingerprint density at radius 1 is 1.11 bits per heavy atom. The number of carbonyl (C=O) groups is 1. The molecule has 1 N–H and O–H groups in total. The molecule has 1 aromatic rings. The number of rotatable bonds is 8. The van der Waals surface area contributed by atoms with Gasteiger partial charge in [0.1, 0.15) is 0 Å². The first-order chi connectivity index (χ1) is 9.17. The van der Waals surface area contributed by atoms with Crippen LogP contribution in [0.1, 0.15) is 38.7 Å². The van der Waals surface area contributed by atoms with Crippen LogP contribution in [0.5, 0.6) is 0 Å². The minimum atomic E-state index is 0.103. The Balaban J connectivity index is 2.40. The van der Waals surface area contributed by atoms with Crippen LogP contribution in [0.15, 0.2) is 24.3 Å². The molecule has 1 amide bonds. The van der Waals surface area contributed by atoms with E-state index in [0.29, 0.717) is 6.42 Å². The highest BCUT2D eigenvalue weighted by molar-refractivity contribution is 5.91. The topological polar surface area (TPSA) is 32.3 Å². The molecule has 0 saturated carbocycles. The molecule has 0 unspecified atom stereocenters. The van der Waals surface area contributed by atoms with Crippen molar-refractivity contribution in [2.75, 3.05) is 25.0 Å². The summed E-state index contributed by atoms with van der Waals surface area (Å²) in [6.07, 6.45) is 2.84. The first-order valence-electron chi connectivity index (χ1n) is 7.25. The Labute approximate surface area is 117 Å². The quantitative estimate of drug-likeness (QED) is 0.778. The van der Waals surface area contributed by atoms with Gasteiger partial charge >= 0.3 is 0 Å². The van der Waals surface area contributed by atoms with E-state index >= 15 is 0 Å². The van der Waals surface area contributed by atoms with Crippen molar-refractivity contribution in [1.29, 1.82) is 0 Å². The summed E-state index contributed by atoms with van der Waals surface area (Å²) >= 11 is 0. The minimum absolute atomic E-state index is 0.103. The van der Waals surface area contributed by atoms with E-state index in [1.54, 1.807) is 0 Å². The van der Waals surface area contributed by atoms with Gasteiger partial charge in [0.05, 0.1) is 0 Å². The van der Waals surface area contributed by atoms with E-state index in [4.69, 9.17) is 0 Å². The first-order valence-corrected chi connectivity index (χ1v) is 7.25. The molecule has 19 heavy (non-hydrogen) atoms. The Kier molecular flexibility index (Phi) is 7.19. The molecule has 0 heterocycles. The number of anilines is 1. The Hall–Kier alpha value is -1.35. The fourth-order valence-corrected chi connectivity index (χ4v) is 2.15. The fourth-order valence-electron chi connectivity index (χ4n) is 2.15. The van der Waals surface area contributed by atoms with Crippen LogP contribution in [-0.2, 0) is 4.79 Å². The van der Waals surface area contributed by atoms with Gasteiger partial charge in [0.2, 0.25) is 5.91 Å². The van der Waals surface area contributed by atoms with Crippen molar-refractivity contribution in [2.45, 2.75) is 40.0 Å². The van der Waals surface area contributed by atoms with Crippen molar-refractivity contribution in [3.05, 3.63) is 29.8 Å². The third kappa shape index (κ3) is 5.88. The second kappa shape index (κ2) is 8.70. The van der Waals surface area contributed by atoms with Gasteiger partial charge in [0.15, 0.2) is 0 Å². The number of nitrogens with zero attached hydrogens (tertiary/aromatic N) is 1. The molecule has 0 aliphatic carbocycles. The van der Waals surface area contributed by atoms with Crippen molar-refractivity contribution in [3.63, 3.8) is 0 Å². The molecule has 0 bridgehead atoms. The summed E-state index contributed by atoms with van der Waals surface area (Å²) in [5, 5.41) is 2.98. The molecule has 3 heteroatoms. The molecule has 0 fully saturated rings. The molecule has 0 aliphatic rings. The lowest BCUT2D eigenvalue weighted by Crippen LogP contribution is -2.29. The number of aryl methyl sites for hydroxylation is 1.